The van der Waals surface area contributed by atoms with E-state index in [0.717, 1.165) is 5.56 Å². The maximum atomic E-state index is 9.06. The minimum atomic E-state index is -0.0220. The molecule has 0 saturated heterocycles. The molecule has 26 heavy (non-hydrogen) atoms. The van der Waals surface area contributed by atoms with Crippen molar-refractivity contribution in [2.45, 2.75) is 6.54 Å². The maximum Gasteiger partial charge on any atom is 0.225 e. The third-order valence-electron chi connectivity index (χ3n) is 3.62. The van der Waals surface area contributed by atoms with Gasteiger partial charge in [0.2, 0.25) is 11.2 Å². The molecule has 0 radical (unpaired) electrons. The smallest absolute Gasteiger partial charge is 0.225 e. The van der Waals surface area contributed by atoms with Crippen molar-refractivity contribution in [2.24, 2.45) is 0 Å². The summed E-state index contributed by atoms with van der Waals surface area (Å²) in [5, 5.41) is 15.5. The molecule has 136 valence electrons. The van der Waals surface area contributed by atoms with Crippen molar-refractivity contribution in [2.75, 3.05) is 42.8 Å². The molecule has 0 aliphatic heterocycles. The van der Waals surface area contributed by atoms with Crippen LogP contribution < -0.4 is 15.5 Å². The van der Waals surface area contributed by atoms with Gasteiger partial charge in [0.15, 0.2) is 11.6 Å². The minimum absolute atomic E-state index is 0.0220. The van der Waals surface area contributed by atoms with Crippen molar-refractivity contribution in [1.82, 2.24) is 19.9 Å². The Kier molecular flexibility index (Phi) is 5.65. The molecule has 0 atom stereocenters. The number of aliphatic hydroxyl groups is 1. The van der Waals surface area contributed by atoms with Crippen LogP contribution in [0.15, 0.2) is 30.3 Å². The summed E-state index contributed by atoms with van der Waals surface area (Å²) in [6.07, 6.45) is 0. The van der Waals surface area contributed by atoms with Crippen LogP contribution in [0.4, 0.5) is 17.6 Å². The Bertz CT molecular complexity index is 889. The fourth-order valence-electron chi connectivity index (χ4n) is 2.44. The van der Waals surface area contributed by atoms with E-state index in [1.54, 1.807) is 0 Å². The SMILES string of the molecule is CN(C)c1nc(Cl)nc2c(NCc3ccccc3)nc(NCCO)nc12. The predicted octanol–water partition coefficient (Wildman–Crippen LogP) is 2.16. The second-order valence-corrected chi connectivity index (χ2v) is 6.13. The van der Waals surface area contributed by atoms with Gasteiger partial charge in [-0.2, -0.15) is 9.97 Å². The van der Waals surface area contributed by atoms with Gasteiger partial charge in [-0.25, -0.2) is 9.97 Å². The average Bonchev–Trinajstić information content (AvgIpc) is 2.64. The summed E-state index contributed by atoms with van der Waals surface area (Å²) in [4.78, 5) is 19.4. The van der Waals surface area contributed by atoms with E-state index < -0.39 is 0 Å². The highest BCUT2D eigenvalue weighted by Crippen LogP contribution is 2.28. The zero-order valence-corrected chi connectivity index (χ0v) is 15.3. The molecule has 3 N–H and O–H groups in total. The van der Waals surface area contributed by atoms with Crippen molar-refractivity contribution < 1.29 is 5.11 Å². The van der Waals surface area contributed by atoms with E-state index in [1.807, 2.05) is 49.3 Å². The number of aromatic nitrogens is 4. The average molecular weight is 374 g/mol. The first kappa shape index (κ1) is 18.1. The van der Waals surface area contributed by atoms with Crippen LogP contribution in [0.5, 0.6) is 0 Å². The number of rotatable bonds is 7. The molecule has 0 amide bonds. The number of nitrogens with zero attached hydrogens (tertiary/aromatic N) is 5. The van der Waals surface area contributed by atoms with Crippen molar-refractivity contribution in [3.8, 4) is 0 Å². The molecule has 0 saturated carbocycles. The van der Waals surface area contributed by atoms with Crippen LogP contribution in [-0.4, -0.2) is 52.3 Å². The molecule has 0 fully saturated rings. The number of halogens is 1. The first-order valence-corrected chi connectivity index (χ1v) is 8.51. The van der Waals surface area contributed by atoms with Gasteiger partial charge in [-0.05, 0) is 17.2 Å². The van der Waals surface area contributed by atoms with Gasteiger partial charge in [0.05, 0.1) is 6.61 Å². The molecular weight excluding hydrogens is 354 g/mol. The summed E-state index contributed by atoms with van der Waals surface area (Å²) >= 11 is 6.10. The molecule has 0 bridgehead atoms. The van der Waals surface area contributed by atoms with Gasteiger partial charge >= 0.3 is 0 Å². The molecule has 0 spiro atoms. The zero-order valence-electron chi connectivity index (χ0n) is 14.6. The molecule has 0 unspecified atom stereocenters. The quantitative estimate of drug-likeness (QED) is 0.542. The number of anilines is 3. The van der Waals surface area contributed by atoms with Crippen molar-refractivity contribution >= 4 is 40.2 Å². The van der Waals surface area contributed by atoms with Gasteiger partial charge in [-0.1, -0.05) is 30.3 Å². The summed E-state index contributed by atoms with van der Waals surface area (Å²) in [5.74, 6) is 1.53. The highest BCUT2D eigenvalue weighted by Gasteiger charge is 2.16. The Balaban J connectivity index is 2.06. The molecule has 9 heteroatoms. The highest BCUT2D eigenvalue weighted by molar-refractivity contribution is 6.29. The van der Waals surface area contributed by atoms with E-state index in [2.05, 4.69) is 30.6 Å². The second kappa shape index (κ2) is 8.11. The fraction of sp³-hybridized carbons (Fsp3) is 0.294. The Hall–Kier alpha value is -2.71. The van der Waals surface area contributed by atoms with E-state index in [9.17, 15) is 0 Å². The summed E-state index contributed by atoms with van der Waals surface area (Å²) < 4.78 is 0. The van der Waals surface area contributed by atoms with E-state index >= 15 is 0 Å². The van der Waals surface area contributed by atoms with Crippen molar-refractivity contribution in [1.29, 1.82) is 0 Å². The first-order chi connectivity index (χ1) is 12.6. The van der Waals surface area contributed by atoms with Crippen LogP contribution in [-0.2, 0) is 6.54 Å². The van der Waals surface area contributed by atoms with Crippen molar-refractivity contribution in [3.05, 3.63) is 41.2 Å². The fourth-order valence-corrected chi connectivity index (χ4v) is 2.60. The predicted molar refractivity (Wildman–Crippen MR) is 104 cm³/mol. The van der Waals surface area contributed by atoms with Gasteiger partial charge in [0.25, 0.3) is 0 Å². The topological polar surface area (TPSA) is 99.1 Å². The van der Waals surface area contributed by atoms with Crippen LogP contribution in [0, 0.1) is 0 Å². The Morgan fingerprint density at radius 2 is 1.77 bits per heavy atom. The lowest BCUT2D eigenvalue weighted by Crippen LogP contribution is -2.15. The Morgan fingerprint density at radius 1 is 1.00 bits per heavy atom. The lowest BCUT2D eigenvalue weighted by Gasteiger charge is -2.16. The first-order valence-electron chi connectivity index (χ1n) is 8.13. The maximum absolute atomic E-state index is 9.06. The van der Waals surface area contributed by atoms with Gasteiger partial charge < -0.3 is 20.6 Å². The van der Waals surface area contributed by atoms with Crippen LogP contribution in [0.25, 0.3) is 11.0 Å². The largest absolute Gasteiger partial charge is 0.395 e. The standard InChI is InChI=1S/C17H20ClN7O/c1-25(2)15-13-12(21-16(18)24-15)14(23-17(22-13)19-8-9-26)20-10-11-6-4-3-5-7-11/h3-7,26H,8-10H2,1-2H3,(H2,19,20,22,23). The van der Waals surface area contributed by atoms with E-state index in [1.165, 1.54) is 0 Å². The number of nitrogens with one attached hydrogen (secondary N) is 2. The zero-order chi connectivity index (χ0) is 18.5. The van der Waals surface area contributed by atoms with Gasteiger partial charge in [-0.15, -0.1) is 0 Å². The number of aliphatic hydroxyl groups excluding tert-OH is 1. The molecule has 0 aliphatic carbocycles. The third-order valence-corrected chi connectivity index (χ3v) is 3.79. The summed E-state index contributed by atoms with van der Waals surface area (Å²) in [7, 11) is 3.72. The number of hydrogen-bond donors (Lipinski definition) is 3. The number of fused-ring (bicyclic) bond motifs is 1. The molecule has 3 aromatic rings. The third kappa shape index (κ3) is 4.09. The summed E-state index contributed by atoms with van der Waals surface area (Å²) in [5.41, 5.74) is 2.22. The van der Waals surface area contributed by atoms with Crippen LogP contribution >= 0.6 is 11.6 Å². The minimum Gasteiger partial charge on any atom is -0.395 e. The molecule has 1 aromatic carbocycles. The molecular formula is C17H20ClN7O. The summed E-state index contributed by atoms with van der Waals surface area (Å²) in [6, 6.07) is 9.97. The summed E-state index contributed by atoms with van der Waals surface area (Å²) in [6.45, 7) is 0.895. The molecule has 8 nitrogen and oxygen atoms in total. The van der Waals surface area contributed by atoms with E-state index in [-0.39, 0.29) is 11.9 Å². The number of benzene rings is 1. The monoisotopic (exact) mass is 373 g/mol. The van der Waals surface area contributed by atoms with E-state index in [4.69, 9.17) is 16.7 Å². The van der Waals surface area contributed by atoms with Crippen molar-refractivity contribution in [3.63, 3.8) is 0 Å². The Morgan fingerprint density at radius 3 is 2.46 bits per heavy atom. The van der Waals surface area contributed by atoms with Gasteiger partial charge in [0, 0.05) is 27.2 Å². The van der Waals surface area contributed by atoms with Crippen LogP contribution in [0.3, 0.4) is 0 Å². The van der Waals surface area contributed by atoms with Gasteiger partial charge in [0.1, 0.15) is 11.0 Å². The highest BCUT2D eigenvalue weighted by atomic mass is 35.5. The lowest BCUT2D eigenvalue weighted by atomic mass is 10.2. The normalized spacial score (nSPS) is 10.8. The molecule has 2 aromatic heterocycles. The second-order valence-electron chi connectivity index (χ2n) is 5.79. The van der Waals surface area contributed by atoms with Gasteiger partial charge in [-0.3, -0.25) is 0 Å². The van der Waals surface area contributed by atoms with Crippen LogP contribution in [0.1, 0.15) is 5.56 Å². The molecule has 2 heterocycles. The Labute approximate surface area is 156 Å². The van der Waals surface area contributed by atoms with E-state index in [0.29, 0.717) is 41.7 Å². The lowest BCUT2D eigenvalue weighted by molar-refractivity contribution is 0.311. The molecule has 3 rings (SSSR count). The number of hydrogen-bond acceptors (Lipinski definition) is 8. The molecule has 0 aliphatic rings. The van der Waals surface area contributed by atoms with Crippen LogP contribution in [0.2, 0.25) is 5.28 Å².